The maximum atomic E-state index is 16.2. The van der Waals surface area contributed by atoms with Crippen molar-refractivity contribution in [3.8, 4) is 23.3 Å². The zero-order valence-electron chi connectivity index (χ0n) is 35.7. The fourth-order valence-electron chi connectivity index (χ4n) is 10.9. The van der Waals surface area contributed by atoms with E-state index in [1.165, 1.54) is 27.0 Å². The Morgan fingerprint density at radius 3 is 2.48 bits per heavy atom. The number of benzene rings is 2. The molecule has 7 heterocycles. The quantitative estimate of drug-likeness (QED) is 0.159. The van der Waals surface area contributed by atoms with Crippen molar-refractivity contribution in [3.63, 3.8) is 0 Å². The van der Waals surface area contributed by atoms with Gasteiger partial charge in [-0.2, -0.15) is 15.5 Å². The fraction of sp³-hybridized carbons (Fsp3) is 0.408. The maximum absolute atomic E-state index is 16.2. The van der Waals surface area contributed by atoms with E-state index >= 15 is 13.6 Å². The van der Waals surface area contributed by atoms with Crippen LogP contribution in [0.3, 0.4) is 0 Å². The average Bonchev–Trinajstić information content (AvgIpc) is 4.24. The molecule has 0 radical (unpaired) electrons. The number of amides is 1. The molecule has 1 spiro atoms. The minimum Gasteiger partial charge on any atom is -0.376 e. The molecule has 1 saturated heterocycles. The highest BCUT2D eigenvalue weighted by molar-refractivity contribution is 5.99. The third-order valence-electron chi connectivity index (χ3n) is 14.8. The van der Waals surface area contributed by atoms with Crippen molar-refractivity contribution in [1.29, 1.82) is 5.26 Å². The number of nitriles is 1. The molecule has 320 valence electrons. The van der Waals surface area contributed by atoms with Crippen LogP contribution in [0.1, 0.15) is 128 Å². The Balaban J connectivity index is 1.01. The predicted molar refractivity (Wildman–Crippen MR) is 231 cm³/mol. The van der Waals surface area contributed by atoms with E-state index in [4.69, 9.17) is 9.84 Å². The number of pyridine rings is 1. The number of ether oxygens (including phenoxy) is 1. The van der Waals surface area contributed by atoms with Gasteiger partial charge in [-0.15, -0.1) is 0 Å². The Bertz CT molecular complexity index is 3200. The standard InChI is InChI=1S/C49H47F2N9O3/c1-28-40-42(49(15-16-49)27-59(28)45(61)35-23-33-21-30(31-12-20-63-47(2,3)24-31)11-17-56(33)43(35)48(26-52)13-14-48)54-60(32-7-8-37(50)34(22-32)29-5-6-29)44(40)58-19-18-57(46(58)62)39-10-9-38-36(41(39)51)25-53-55(38)4/h7-11,17-19,21-23,25,28-29,31H,5-6,12-16,20,24,27H2,1-4H3/t28-,31?/m0/s1. The Hall–Kier alpha value is -6.33. The maximum Gasteiger partial charge on any atom is 0.338 e. The number of hydrogen-bond acceptors (Lipinski definition) is 6. The van der Waals surface area contributed by atoms with Crippen molar-refractivity contribution in [2.24, 2.45) is 7.05 Å². The van der Waals surface area contributed by atoms with Crippen LogP contribution < -0.4 is 5.69 Å². The molecule has 3 saturated carbocycles. The molecule has 0 bridgehead atoms. The van der Waals surface area contributed by atoms with Crippen molar-refractivity contribution in [2.75, 3.05) is 13.2 Å². The van der Waals surface area contributed by atoms with Crippen LogP contribution in [0.5, 0.6) is 0 Å². The summed E-state index contributed by atoms with van der Waals surface area (Å²) in [6.07, 6.45) is 13.1. The highest BCUT2D eigenvalue weighted by atomic mass is 19.1. The molecular weight excluding hydrogens is 801 g/mol. The second kappa shape index (κ2) is 13.1. The number of fused-ring (bicyclic) bond motifs is 4. The third-order valence-corrected chi connectivity index (χ3v) is 14.8. The molecule has 63 heavy (non-hydrogen) atoms. The van der Waals surface area contributed by atoms with Gasteiger partial charge >= 0.3 is 5.69 Å². The topological polar surface area (TPSA) is 120 Å². The van der Waals surface area contributed by atoms with Crippen LogP contribution in [0, 0.1) is 23.0 Å². The molecule has 4 fully saturated rings. The molecule has 5 aliphatic rings. The van der Waals surface area contributed by atoms with Gasteiger partial charge in [-0.05, 0) is 144 Å². The highest BCUT2D eigenvalue weighted by Crippen LogP contribution is 2.57. The van der Waals surface area contributed by atoms with E-state index < -0.39 is 28.4 Å². The summed E-state index contributed by atoms with van der Waals surface area (Å²) < 4.78 is 45.6. The summed E-state index contributed by atoms with van der Waals surface area (Å²) in [6, 6.07) is 16.6. The first kappa shape index (κ1) is 38.4. The van der Waals surface area contributed by atoms with E-state index in [2.05, 4.69) is 37.1 Å². The number of nitrogens with zero attached hydrogens (tertiary/aromatic N) is 9. The first-order chi connectivity index (χ1) is 30.3. The number of imidazole rings is 1. The Kier molecular flexibility index (Phi) is 7.98. The lowest BCUT2D eigenvalue weighted by Crippen LogP contribution is -2.44. The largest absolute Gasteiger partial charge is 0.376 e. The van der Waals surface area contributed by atoms with Gasteiger partial charge in [-0.1, -0.05) is 0 Å². The van der Waals surface area contributed by atoms with Crippen molar-refractivity contribution in [1.82, 2.24) is 38.0 Å². The van der Waals surface area contributed by atoms with Gasteiger partial charge in [0, 0.05) is 55.3 Å². The molecule has 2 atom stereocenters. The van der Waals surface area contributed by atoms with Gasteiger partial charge in [0.1, 0.15) is 11.6 Å². The first-order valence-corrected chi connectivity index (χ1v) is 22.2. The van der Waals surface area contributed by atoms with Crippen LogP contribution in [0.25, 0.3) is 33.6 Å². The lowest BCUT2D eigenvalue weighted by Gasteiger charge is -2.38. The summed E-state index contributed by atoms with van der Waals surface area (Å²) in [5.41, 5.74) is 4.68. The third kappa shape index (κ3) is 5.70. The van der Waals surface area contributed by atoms with E-state index in [1.807, 2.05) is 34.6 Å². The number of rotatable bonds is 7. The van der Waals surface area contributed by atoms with Gasteiger partial charge in [-0.3, -0.25) is 18.6 Å². The van der Waals surface area contributed by atoms with Gasteiger partial charge in [-0.25, -0.2) is 18.3 Å². The molecule has 12 rings (SSSR count). The molecule has 0 N–H and O–H groups in total. The van der Waals surface area contributed by atoms with Crippen molar-refractivity contribution < 1.29 is 18.3 Å². The van der Waals surface area contributed by atoms with Crippen LogP contribution in [0.15, 0.2) is 78.1 Å². The fourth-order valence-corrected chi connectivity index (χ4v) is 10.9. The smallest absolute Gasteiger partial charge is 0.338 e. The molecule has 2 aliphatic heterocycles. The van der Waals surface area contributed by atoms with E-state index in [0.717, 1.165) is 55.4 Å². The summed E-state index contributed by atoms with van der Waals surface area (Å²) in [4.78, 5) is 32.2. The Morgan fingerprint density at radius 1 is 0.952 bits per heavy atom. The van der Waals surface area contributed by atoms with E-state index in [1.54, 1.807) is 47.0 Å². The molecule has 12 nitrogen and oxygen atoms in total. The Morgan fingerprint density at radius 2 is 1.75 bits per heavy atom. The molecule has 1 amide bonds. The molecule has 1 unspecified atom stereocenters. The highest BCUT2D eigenvalue weighted by Gasteiger charge is 2.57. The average molecular weight is 848 g/mol. The lowest BCUT2D eigenvalue weighted by molar-refractivity contribution is -0.0593. The van der Waals surface area contributed by atoms with Crippen LogP contribution in [0.2, 0.25) is 0 Å². The van der Waals surface area contributed by atoms with Gasteiger partial charge in [0.25, 0.3) is 5.91 Å². The summed E-state index contributed by atoms with van der Waals surface area (Å²) >= 11 is 0. The monoisotopic (exact) mass is 847 g/mol. The van der Waals surface area contributed by atoms with Crippen molar-refractivity contribution >= 4 is 22.3 Å². The second-order valence-electron chi connectivity index (χ2n) is 19.4. The van der Waals surface area contributed by atoms with E-state index in [-0.39, 0.29) is 28.9 Å². The van der Waals surface area contributed by atoms with Crippen LogP contribution in [-0.4, -0.2) is 62.7 Å². The summed E-state index contributed by atoms with van der Waals surface area (Å²) in [5, 5.41) is 20.4. The number of carbonyl (C=O) groups is 1. The van der Waals surface area contributed by atoms with Gasteiger partial charge in [0.2, 0.25) is 0 Å². The first-order valence-electron chi connectivity index (χ1n) is 22.2. The molecular formula is C49H47F2N9O3. The Labute approximate surface area is 361 Å². The van der Waals surface area contributed by atoms with Crippen LogP contribution in [0.4, 0.5) is 8.78 Å². The van der Waals surface area contributed by atoms with Gasteiger partial charge in [0.05, 0.1) is 68.6 Å². The lowest BCUT2D eigenvalue weighted by atomic mass is 9.84. The van der Waals surface area contributed by atoms with Crippen molar-refractivity contribution in [2.45, 2.75) is 106 Å². The predicted octanol–water partition coefficient (Wildman–Crippen LogP) is 8.59. The second-order valence-corrected chi connectivity index (χ2v) is 19.4. The summed E-state index contributed by atoms with van der Waals surface area (Å²) in [5.74, 6) is -0.189. The SMILES string of the molecule is C[C@H]1c2c(nn(-c3ccc(F)c(C4CC4)c3)c2-n2ccn(-c3ccc4c(cnn4C)c3F)c2=O)C2(CC2)CN1C(=O)c1cc2cc(C3CCOC(C)(C)C3)ccn2c1C1(C#N)CC1. The number of hydrogen-bond donors (Lipinski definition) is 0. The van der Waals surface area contributed by atoms with Crippen LogP contribution >= 0.6 is 0 Å². The number of aromatic nitrogens is 7. The summed E-state index contributed by atoms with van der Waals surface area (Å²) in [6.45, 7) is 7.31. The number of aryl methyl sites for hydroxylation is 1. The van der Waals surface area contributed by atoms with Crippen molar-refractivity contribution in [3.05, 3.63) is 129 Å². The number of halogens is 2. The van der Waals surface area contributed by atoms with Gasteiger partial charge in [0.15, 0.2) is 5.82 Å². The van der Waals surface area contributed by atoms with E-state index in [9.17, 15) is 10.1 Å². The normalized spacial score (nSPS) is 21.8. The zero-order chi connectivity index (χ0) is 43.3. The molecule has 14 heteroatoms. The molecule has 7 aromatic rings. The van der Waals surface area contributed by atoms with E-state index in [0.29, 0.717) is 71.0 Å². The minimum atomic E-state index is -0.775. The molecule has 2 aromatic carbocycles. The zero-order valence-corrected chi connectivity index (χ0v) is 35.7. The minimum absolute atomic E-state index is 0.0731. The van der Waals surface area contributed by atoms with Crippen LogP contribution in [-0.2, 0) is 22.6 Å². The summed E-state index contributed by atoms with van der Waals surface area (Å²) in [7, 11) is 1.73. The number of carbonyl (C=O) groups excluding carboxylic acids is 1. The van der Waals surface area contributed by atoms with Gasteiger partial charge < -0.3 is 14.0 Å². The molecule has 5 aromatic heterocycles. The molecule has 3 aliphatic carbocycles.